The highest BCUT2D eigenvalue weighted by Crippen LogP contribution is 2.18. The first-order valence-electron chi connectivity index (χ1n) is 7.35. The number of hydrogen-bond donors (Lipinski definition) is 1. The average Bonchev–Trinajstić information content (AvgIpc) is 2.49. The maximum Gasteiger partial charge on any atom is 0.119 e. The van der Waals surface area contributed by atoms with Crippen LogP contribution in [0.1, 0.15) is 24.0 Å². The molecule has 0 radical (unpaired) electrons. The monoisotopic (exact) mass is 303 g/mol. The zero-order chi connectivity index (χ0) is 15.1. The smallest absolute Gasteiger partial charge is 0.119 e. The normalized spacial score (nSPS) is 10.4. The number of ether oxygens (including phenoxy) is 1. The molecule has 0 saturated carbocycles. The predicted molar refractivity (Wildman–Crippen MR) is 90.6 cm³/mol. The van der Waals surface area contributed by atoms with E-state index in [1.165, 1.54) is 16.8 Å². The molecule has 1 N–H and O–H groups in total. The SMILES string of the molecule is Cc1cccc(NCCCCOc2ccc(Cl)cc2)c1C. The molecule has 0 spiro atoms. The van der Waals surface area contributed by atoms with Crippen molar-refractivity contribution in [3.05, 3.63) is 58.6 Å². The van der Waals surface area contributed by atoms with Crippen LogP contribution in [0, 0.1) is 13.8 Å². The summed E-state index contributed by atoms with van der Waals surface area (Å²) in [6.07, 6.45) is 2.11. The van der Waals surface area contributed by atoms with Crippen LogP contribution in [-0.2, 0) is 0 Å². The molecular weight excluding hydrogens is 282 g/mol. The van der Waals surface area contributed by atoms with Crippen LogP contribution in [0.25, 0.3) is 0 Å². The second-order valence-electron chi connectivity index (χ2n) is 5.18. The fourth-order valence-corrected chi connectivity index (χ4v) is 2.24. The largest absolute Gasteiger partial charge is 0.494 e. The van der Waals surface area contributed by atoms with E-state index in [1.807, 2.05) is 24.3 Å². The molecule has 0 aromatic heterocycles. The number of rotatable bonds is 7. The number of nitrogens with one attached hydrogen (secondary N) is 1. The molecular formula is C18H22ClNO. The van der Waals surface area contributed by atoms with E-state index in [4.69, 9.17) is 16.3 Å². The van der Waals surface area contributed by atoms with Gasteiger partial charge in [0.05, 0.1) is 6.61 Å². The molecule has 0 bridgehead atoms. The second-order valence-corrected chi connectivity index (χ2v) is 5.62. The first-order valence-corrected chi connectivity index (χ1v) is 7.73. The minimum Gasteiger partial charge on any atom is -0.494 e. The van der Waals surface area contributed by atoms with Crippen molar-refractivity contribution in [2.24, 2.45) is 0 Å². The van der Waals surface area contributed by atoms with Crippen LogP contribution in [0.15, 0.2) is 42.5 Å². The van der Waals surface area contributed by atoms with E-state index >= 15 is 0 Å². The average molecular weight is 304 g/mol. The van der Waals surface area contributed by atoms with Gasteiger partial charge in [-0.05, 0) is 68.1 Å². The number of anilines is 1. The second kappa shape index (κ2) is 7.94. The summed E-state index contributed by atoms with van der Waals surface area (Å²) < 4.78 is 5.67. The lowest BCUT2D eigenvalue weighted by atomic mass is 10.1. The van der Waals surface area contributed by atoms with Gasteiger partial charge in [0.25, 0.3) is 0 Å². The number of aryl methyl sites for hydroxylation is 1. The van der Waals surface area contributed by atoms with Crippen molar-refractivity contribution in [2.45, 2.75) is 26.7 Å². The van der Waals surface area contributed by atoms with Gasteiger partial charge < -0.3 is 10.1 Å². The molecule has 2 aromatic carbocycles. The van der Waals surface area contributed by atoms with E-state index in [0.29, 0.717) is 0 Å². The fourth-order valence-electron chi connectivity index (χ4n) is 2.11. The summed E-state index contributed by atoms with van der Waals surface area (Å²) in [5, 5.41) is 4.22. The maximum absolute atomic E-state index is 5.83. The summed E-state index contributed by atoms with van der Waals surface area (Å²) in [4.78, 5) is 0. The van der Waals surface area contributed by atoms with Crippen LogP contribution in [-0.4, -0.2) is 13.2 Å². The van der Waals surface area contributed by atoms with Gasteiger partial charge in [-0.2, -0.15) is 0 Å². The third-order valence-corrected chi connectivity index (χ3v) is 3.83. The molecule has 2 nitrogen and oxygen atoms in total. The van der Waals surface area contributed by atoms with E-state index in [0.717, 1.165) is 36.8 Å². The summed E-state index contributed by atoms with van der Waals surface area (Å²) in [6.45, 7) is 5.99. The molecule has 0 heterocycles. The zero-order valence-corrected chi connectivity index (χ0v) is 13.4. The lowest BCUT2D eigenvalue weighted by Crippen LogP contribution is -2.06. The Labute approximate surface area is 132 Å². The van der Waals surface area contributed by atoms with Crippen LogP contribution < -0.4 is 10.1 Å². The van der Waals surface area contributed by atoms with Gasteiger partial charge in [0.1, 0.15) is 5.75 Å². The Morgan fingerprint density at radius 3 is 2.52 bits per heavy atom. The van der Waals surface area contributed by atoms with E-state index in [2.05, 4.69) is 37.4 Å². The standard InChI is InChI=1S/C18H22ClNO/c1-14-6-5-7-18(15(14)2)20-12-3-4-13-21-17-10-8-16(19)9-11-17/h5-11,20H,3-4,12-13H2,1-2H3. The van der Waals surface area contributed by atoms with Gasteiger partial charge in [0.2, 0.25) is 0 Å². The van der Waals surface area contributed by atoms with Gasteiger partial charge in [0.15, 0.2) is 0 Å². The molecule has 21 heavy (non-hydrogen) atoms. The number of unbranched alkanes of at least 4 members (excludes halogenated alkanes) is 1. The molecule has 0 atom stereocenters. The quantitative estimate of drug-likeness (QED) is 0.707. The third kappa shape index (κ3) is 4.98. The lowest BCUT2D eigenvalue weighted by Gasteiger charge is -2.11. The number of hydrogen-bond acceptors (Lipinski definition) is 2. The molecule has 2 aromatic rings. The van der Waals surface area contributed by atoms with Crippen molar-refractivity contribution in [3.63, 3.8) is 0 Å². The zero-order valence-electron chi connectivity index (χ0n) is 12.7. The Morgan fingerprint density at radius 2 is 1.76 bits per heavy atom. The van der Waals surface area contributed by atoms with Crippen molar-refractivity contribution in [1.29, 1.82) is 0 Å². The van der Waals surface area contributed by atoms with Gasteiger partial charge in [-0.25, -0.2) is 0 Å². The highest BCUT2D eigenvalue weighted by atomic mass is 35.5. The molecule has 0 amide bonds. The summed E-state index contributed by atoms with van der Waals surface area (Å²) in [6, 6.07) is 13.9. The van der Waals surface area contributed by atoms with Crippen molar-refractivity contribution in [1.82, 2.24) is 0 Å². The van der Waals surface area contributed by atoms with Crippen LogP contribution in [0.5, 0.6) is 5.75 Å². The molecule has 112 valence electrons. The Morgan fingerprint density at radius 1 is 1.00 bits per heavy atom. The number of halogens is 1. The van der Waals surface area contributed by atoms with Crippen molar-refractivity contribution in [2.75, 3.05) is 18.5 Å². The maximum atomic E-state index is 5.83. The molecule has 0 aliphatic heterocycles. The number of benzene rings is 2. The van der Waals surface area contributed by atoms with E-state index in [-0.39, 0.29) is 0 Å². The molecule has 0 aliphatic rings. The van der Waals surface area contributed by atoms with Crippen molar-refractivity contribution in [3.8, 4) is 5.75 Å². The molecule has 0 unspecified atom stereocenters. The van der Waals surface area contributed by atoms with Gasteiger partial charge in [-0.3, -0.25) is 0 Å². The van der Waals surface area contributed by atoms with E-state index < -0.39 is 0 Å². The predicted octanol–water partition coefficient (Wildman–Crippen LogP) is 5.23. The van der Waals surface area contributed by atoms with Crippen LogP contribution in [0.3, 0.4) is 0 Å². The third-order valence-electron chi connectivity index (χ3n) is 3.57. The van der Waals surface area contributed by atoms with Crippen LogP contribution in [0.4, 0.5) is 5.69 Å². The van der Waals surface area contributed by atoms with Crippen LogP contribution >= 0.6 is 11.6 Å². The molecule has 0 saturated heterocycles. The Balaban J connectivity index is 1.64. The van der Waals surface area contributed by atoms with Gasteiger partial charge in [-0.15, -0.1) is 0 Å². The van der Waals surface area contributed by atoms with Crippen LogP contribution in [0.2, 0.25) is 5.02 Å². The molecule has 3 heteroatoms. The fraction of sp³-hybridized carbons (Fsp3) is 0.333. The Bertz CT molecular complexity index is 566. The minimum atomic E-state index is 0.732. The summed E-state index contributed by atoms with van der Waals surface area (Å²) in [5.41, 5.74) is 3.88. The first-order chi connectivity index (χ1) is 10.2. The topological polar surface area (TPSA) is 21.3 Å². The lowest BCUT2D eigenvalue weighted by molar-refractivity contribution is 0.308. The minimum absolute atomic E-state index is 0.732. The highest BCUT2D eigenvalue weighted by Gasteiger charge is 1.99. The Hall–Kier alpha value is -1.67. The van der Waals surface area contributed by atoms with Crippen molar-refractivity contribution >= 4 is 17.3 Å². The molecule has 0 fully saturated rings. The van der Waals surface area contributed by atoms with E-state index in [1.54, 1.807) is 0 Å². The molecule has 0 aliphatic carbocycles. The van der Waals surface area contributed by atoms with Crippen molar-refractivity contribution < 1.29 is 4.74 Å². The summed E-state index contributed by atoms with van der Waals surface area (Å²) in [5.74, 6) is 0.877. The van der Waals surface area contributed by atoms with Gasteiger partial charge in [0, 0.05) is 17.3 Å². The van der Waals surface area contributed by atoms with Gasteiger partial charge in [-0.1, -0.05) is 23.7 Å². The Kier molecular flexibility index (Phi) is 5.94. The molecule has 2 rings (SSSR count). The highest BCUT2D eigenvalue weighted by molar-refractivity contribution is 6.30. The van der Waals surface area contributed by atoms with E-state index in [9.17, 15) is 0 Å². The van der Waals surface area contributed by atoms with Gasteiger partial charge >= 0.3 is 0 Å². The first kappa shape index (κ1) is 15.7. The summed E-state index contributed by atoms with van der Waals surface area (Å²) >= 11 is 5.83. The summed E-state index contributed by atoms with van der Waals surface area (Å²) in [7, 11) is 0.